The number of phenolic OH excluding ortho intramolecular Hbond substituents is 1. The van der Waals surface area contributed by atoms with Gasteiger partial charge in [-0.1, -0.05) is 26.0 Å². The van der Waals surface area contributed by atoms with Crippen LogP contribution in [0.1, 0.15) is 43.0 Å². The summed E-state index contributed by atoms with van der Waals surface area (Å²) >= 11 is 0. The van der Waals surface area contributed by atoms with E-state index in [2.05, 4.69) is 45.8 Å². The van der Waals surface area contributed by atoms with Gasteiger partial charge in [-0.2, -0.15) is 0 Å². The maximum absolute atomic E-state index is 9.46. The Balaban J connectivity index is 1.69. The molecule has 0 bridgehead atoms. The van der Waals surface area contributed by atoms with E-state index >= 15 is 0 Å². The number of aryl methyl sites for hydroxylation is 1. The van der Waals surface area contributed by atoms with Gasteiger partial charge in [-0.05, 0) is 55.0 Å². The largest absolute Gasteiger partial charge is 0.508 e. The van der Waals surface area contributed by atoms with Crippen LogP contribution in [0.3, 0.4) is 0 Å². The molecule has 1 atom stereocenters. The summed E-state index contributed by atoms with van der Waals surface area (Å²) in [5, 5.41) is 12.9. The summed E-state index contributed by atoms with van der Waals surface area (Å²) in [6.45, 7) is 7.16. The highest BCUT2D eigenvalue weighted by Crippen LogP contribution is 2.27. The van der Waals surface area contributed by atoms with Gasteiger partial charge >= 0.3 is 0 Å². The van der Waals surface area contributed by atoms with Crippen LogP contribution in [-0.2, 0) is 6.42 Å². The molecule has 0 radical (unpaired) electrons. The predicted molar refractivity (Wildman–Crippen MR) is 120 cm³/mol. The second kappa shape index (κ2) is 8.53. The number of anilines is 1. The van der Waals surface area contributed by atoms with Gasteiger partial charge in [0.1, 0.15) is 5.75 Å². The van der Waals surface area contributed by atoms with E-state index in [0.29, 0.717) is 12.5 Å². The number of hydrogen-bond acceptors (Lipinski definition) is 5. The van der Waals surface area contributed by atoms with E-state index < -0.39 is 0 Å². The zero-order valence-corrected chi connectivity index (χ0v) is 17.6. The van der Waals surface area contributed by atoms with Crippen molar-refractivity contribution in [2.75, 3.05) is 11.9 Å². The predicted octanol–water partition coefficient (Wildman–Crippen LogP) is 4.97. The standard InChI is InChI=1S/C24H27N5O/c1-4-17(3)22-14-27-24-23(26-10-9-18-5-7-20(30)8-6-18)28-21(15-29(22)24)19-11-16(2)12-25-13-19/h5-8,11-15,17,30H,4,9-10H2,1-3H3,(H,26,28). The molecule has 0 fully saturated rings. The molecule has 0 aliphatic carbocycles. The fraction of sp³-hybridized carbons (Fsp3) is 0.292. The zero-order valence-electron chi connectivity index (χ0n) is 17.6. The van der Waals surface area contributed by atoms with Crippen LogP contribution in [0.2, 0.25) is 0 Å². The lowest BCUT2D eigenvalue weighted by molar-refractivity contribution is 0.475. The summed E-state index contributed by atoms with van der Waals surface area (Å²) in [7, 11) is 0. The first-order valence-corrected chi connectivity index (χ1v) is 10.4. The first-order valence-electron chi connectivity index (χ1n) is 10.4. The molecule has 0 saturated heterocycles. The number of nitrogens with one attached hydrogen (secondary N) is 1. The van der Waals surface area contributed by atoms with Crippen LogP contribution in [0.15, 0.2) is 55.1 Å². The van der Waals surface area contributed by atoms with Crippen LogP contribution < -0.4 is 5.32 Å². The third kappa shape index (κ3) is 4.13. The highest BCUT2D eigenvalue weighted by atomic mass is 16.3. The van der Waals surface area contributed by atoms with Gasteiger partial charge in [-0.25, -0.2) is 9.97 Å². The molecule has 0 amide bonds. The summed E-state index contributed by atoms with van der Waals surface area (Å²) in [6.07, 6.45) is 9.58. The molecule has 154 valence electrons. The monoisotopic (exact) mass is 401 g/mol. The van der Waals surface area contributed by atoms with E-state index in [4.69, 9.17) is 4.98 Å². The van der Waals surface area contributed by atoms with Gasteiger partial charge in [0.15, 0.2) is 11.5 Å². The number of aromatic nitrogens is 4. The molecule has 1 unspecified atom stereocenters. The van der Waals surface area contributed by atoms with E-state index in [-0.39, 0.29) is 5.75 Å². The minimum atomic E-state index is 0.282. The summed E-state index contributed by atoms with van der Waals surface area (Å²) in [6, 6.07) is 9.40. The van der Waals surface area contributed by atoms with Gasteiger partial charge in [-0.3, -0.25) is 9.38 Å². The molecule has 0 saturated carbocycles. The van der Waals surface area contributed by atoms with E-state index in [0.717, 1.165) is 46.7 Å². The van der Waals surface area contributed by atoms with E-state index in [9.17, 15) is 5.11 Å². The van der Waals surface area contributed by atoms with Crippen LogP contribution in [0.4, 0.5) is 5.82 Å². The molecule has 3 heterocycles. The molecule has 6 nitrogen and oxygen atoms in total. The highest BCUT2D eigenvalue weighted by molar-refractivity contribution is 5.69. The van der Waals surface area contributed by atoms with E-state index in [1.54, 1.807) is 12.1 Å². The average Bonchev–Trinajstić information content (AvgIpc) is 3.19. The molecular weight excluding hydrogens is 374 g/mol. The van der Waals surface area contributed by atoms with Crippen molar-refractivity contribution in [2.24, 2.45) is 0 Å². The Hall–Kier alpha value is -3.41. The fourth-order valence-corrected chi connectivity index (χ4v) is 3.52. The molecule has 30 heavy (non-hydrogen) atoms. The quantitative estimate of drug-likeness (QED) is 0.457. The van der Waals surface area contributed by atoms with Crippen LogP contribution in [0, 0.1) is 6.92 Å². The average molecular weight is 402 g/mol. The zero-order chi connectivity index (χ0) is 21.1. The number of pyridine rings is 1. The number of hydrogen-bond donors (Lipinski definition) is 2. The van der Waals surface area contributed by atoms with Crippen LogP contribution >= 0.6 is 0 Å². The summed E-state index contributed by atoms with van der Waals surface area (Å²) < 4.78 is 2.15. The van der Waals surface area contributed by atoms with Crippen LogP contribution in [0.5, 0.6) is 5.75 Å². The molecular formula is C24H27N5O. The lowest BCUT2D eigenvalue weighted by Gasteiger charge is -2.13. The second-order valence-electron chi connectivity index (χ2n) is 7.75. The van der Waals surface area contributed by atoms with E-state index in [1.807, 2.05) is 37.6 Å². The van der Waals surface area contributed by atoms with Gasteiger partial charge in [0, 0.05) is 42.6 Å². The van der Waals surface area contributed by atoms with Crippen molar-refractivity contribution in [1.29, 1.82) is 0 Å². The second-order valence-corrected chi connectivity index (χ2v) is 7.75. The molecule has 4 rings (SSSR count). The molecule has 4 aromatic rings. The molecule has 3 aromatic heterocycles. The topological polar surface area (TPSA) is 75.3 Å². The highest BCUT2D eigenvalue weighted by Gasteiger charge is 2.15. The maximum Gasteiger partial charge on any atom is 0.180 e. The number of fused-ring (bicyclic) bond motifs is 1. The number of benzene rings is 1. The number of nitrogens with zero attached hydrogens (tertiary/aromatic N) is 4. The smallest absolute Gasteiger partial charge is 0.180 e. The normalized spacial score (nSPS) is 12.2. The van der Waals surface area contributed by atoms with Crippen molar-refractivity contribution in [1.82, 2.24) is 19.4 Å². The fourth-order valence-electron chi connectivity index (χ4n) is 3.52. The number of phenols is 1. The number of imidazole rings is 1. The van der Waals surface area contributed by atoms with Gasteiger partial charge in [0.05, 0.1) is 5.69 Å². The van der Waals surface area contributed by atoms with Crippen molar-refractivity contribution >= 4 is 11.5 Å². The Kier molecular flexibility index (Phi) is 5.65. The molecule has 0 aliphatic rings. The van der Waals surface area contributed by atoms with Gasteiger partial charge in [0.25, 0.3) is 0 Å². The van der Waals surface area contributed by atoms with Gasteiger partial charge in [0.2, 0.25) is 0 Å². The Morgan fingerprint density at radius 3 is 2.67 bits per heavy atom. The summed E-state index contributed by atoms with van der Waals surface area (Å²) in [5.41, 5.74) is 6.12. The van der Waals surface area contributed by atoms with Crippen molar-refractivity contribution < 1.29 is 5.11 Å². The van der Waals surface area contributed by atoms with Crippen LogP contribution in [0.25, 0.3) is 16.9 Å². The summed E-state index contributed by atoms with van der Waals surface area (Å²) in [5.74, 6) is 1.45. The molecule has 0 aliphatic heterocycles. The minimum Gasteiger partial charge on any atom is -0.508 e. The minimum absolute atomic E-state index is 0.282. The first-order chi connectivity index (χ1) is 14.5. The molecule has 0 spiro atoms. The van der Waals surface area contributed by atoms with E-state index in [1.165, 1.54) is 5.69 Å². The molecule has 2 N–H and O–H groups in total. The van der Waals surface area contributed by atoms with Crippen molar-refractivity contribution in [2.45, 2.75) is 39.5 Å². The van der Waals surface area contributed by atoms with Crippen molar-refractivity contribution in [3.63, 3.8) is 0 Å². The Labute approximate surface area is 176 Å². The Morgan fingerprint density at radius 1 is 1.13 bits per heavy atom. The van der Waals surface area contributed by atoms with Crippen molar-refractivity contribution in [3.05, 3.63) is 71.9 Å². The SMILES string of the molecule is CCC(C)c1cnc2c(NCCc3ccc(O)cc3)nc(-c3cncc(C)c3)cn12. The van der Waals surface area contributed by atoms with Gasteiger partial charge < -0.3 is 10.4 Å². The first kappa shape index (κ1) is 19.9. The molecule has 6 heteroatoms. The molecule has 1 aromatic carbocycles. The third-order valence-corrected chi connectivity index (χ3v) is 5.45. The number of rotatable bonds is 7. The number of aromatic hydroxyl groups is 1. The lowest BCUT2D eigenvalue weighted by Crippen LogP contribution is -2.09. The Morgan fingerprint density at radius 2 is 1.93 bits per heavy atom. The summed E-state index contributed by atoms with van der Waals surface area (Å²) in [4.78, 5) is 13.9. The van der Waals surface area contributed by atoms with Crippen molar-refractivity contribution in [3.8, 4) is 17.0 Å². The maximum atomic E-state index is 9.46. The Bertz CT molecular complexity index is 1150. The van der Waals surface area contributed by atoms with Gasteiger partial charge in [-0.15, -0.1) is 0 Å². The lowest BCUT2D eigenvalue weighted by atomic mass is 10.1. The van der Waals surface area contributed by atoms with Crippen LogP contribution in [-0.4, -0.2) is 31.0 Å². The third-order valence-electron chi connectivity index (χ3n) is 5.45.